The molecule has 0 saturated heterocycles. The van der Waals surface area contributed by atoms with Crippen LogP contribution in [0.15, 0.2) is 29.8 Å². The summed E-state index contributed by atoms with van der Waals surface area (Å²) in [6, 6.07) is 1.55. The Hall–Kier alpha value is -1.86. The lowest BCUT2D eigenvalue weighted by Crippen LogP contribution is -2.32. The van der Waals surface area contributed by atoms with E-state index in [0.717, 1.165) is 22.0 Å². The Morgan fingerprint density at radius 1 is 1.53 bits per heavy atom. The number of nitrogens with two attached hydrogens (primary N) is 2. The first-order valence-electron chi connectivity index (χ1n) is 5.79. The van der Waals surface area contributed by atoms with Crippen LogP contribution in [-0.4, -0.2) is 25.7 Å². The Balaban J connectivity index is 2.08. The quantitative estimate of drug-likeness (QED) is 0.833. The zero-order valence-electron chi connectivity index (χ0n) is 10.3. The number of nitrogens with zero attached hydrogens (tertiary/aromatic N) is 3. The van der Waals surface area contributed by atoms with Gasteiger partial charge in [-0.05, 0) is 18.6 Å². The van der Waals surface area contributed by atoms with Crippen molar-refractivity contribution in [2.24, 2.45) is 11.5 Å². The molecule has 7 heteroatoms. The van der Waals surface area contributed by atoms with Crippen molar-refractivity contribution in [1.29, 1.82) is 0 Å². The highest BCUT2D eigenvalue weighted by Gasteiger charge is 2.37. The number of pyridine rings is 1. The molecule has 19 heavy (non-hydrogen) atoms. The summed E-state index contributed by atoms with van der Waals surface area (Å²) in [7, 11) is 0. The molecule has 98 valence electrons. The molecule has 3 rings (SSSR count). The van der Waals surface area contributed by atoms with E-state index in [2.05, 4.69) is 9.97 Å². The first kappa shape index (κ1) is 12.2. The lowest BCUT2D eigenvalue weighted by Gasteiger charge is -2.12. The number of carbonyl (C=O) groups is 1. The van der Waals surface area contributed by atoms with Crippen molar-refractivity contribution < 1.29 is 4.79 Å². The summed E-state index contributed by atoms with van der Waals surface area (Å²) in [5.74, 6) is 0.359. The molecule has 1 aliphatic rings. The van der Waals surface area contributed by atoms with Crippen LogP contribution in [0.3, 0.4) is 0 Å². The van der Waals surface area contributed by atoms with Gasteiger partial charge in [0.1, 0.15) is 22.4 Å². The molecule has 0 bridgehead atoms. The molecule has 0 aromatic carbocycles. The highest BCUT2D eigenvalue weighted by atomic mass is 32.2. The van der Waals surface area contributed by atoms with Gasteiger partial charge in [0.25, 0.3) is 0 Å². The van der Waals surface area contributed by atoms with Gasteiger partial charge in [0, 0.05) is 18.0 Å². The Kier molecular flexibility index (Phi) is 2.79. The van der Waals surface area contributed by atoms with Crippen LogP contribution in [0.25, 0.3) is 5.82 Å². The predicted molar refractivity (Wildman–Crippen MR) is 71.9 cm³/mol. The summed E-state index contributed by atoms with van der Waals surface area (Å²) in [5, 5.41) is 0.333. The highest BCUT2D eigenvalue weighted by Crippen LogP contribution is 2.43. The zero-order chi connectivity index (χ0) is 13.6. The van der Waals surface area contributed by atoms with Crippen LogP contribution in [0.2, 0.25) is 0 Å². The Morgan fingerprint density at radius 3 is 2.95 bits per heavy atom. The number of imidazole rings is 1. The summed E-state index contributed by atoms with van der Waals surface area (Å²) in [5.41, 5.74) is 13.4. The van der Waals surface area contributed by atoms with Gasteiger partial charge in [-0.2, -0.15) is 0 Å². The normalized spacial score (nSPS) is 21.4. The lowest BCUT2D eigenvalue weighted by atomic mass is 10.0. The average Bonchev–Trinajstić information content (AvgIpc) is 2.96. The maximum Gasteiger partial charge on any atom is 0.232 e. The van der Waals surface area contributed by atoms with E-state index in [4.69, 9.17) is 11.5 Å². The summed E-state index contributed by atoms with van der Waals surface area (Å²) in [6.07, 6.45) is 5.19. The van der Waals surface area contributed by atoms with Crippen molar-refractivity contribution in [3.05, 3.63) is 35.9 Å². The molecule has 2 aromatic rings. The van der Waals surface area contributed by atoms with Crippen LogP contribution in [0.5, 0.6) is 0 Å². The van der Waals surface area contributed by atoms with Crippen molar-refractivity contribution in [3.8, 4) is 5.82 Å². The molecule has 4 N–H and O–H groups in total. The number of hydrogen-bond donors (Lipinski definition) is 2. The summed E-state index contributed by atoms with van der Waals surface area (Å²) in [6.45, 7) is 1.96. The van der Waals surface area contributed by atoms with E-state index in [1.807, 2.05) is 23.8 Å². The van der Waals surface area contributed by atoms with Crippen LogP contribution < -0.4 is 11.5 Å². The number of aromatic nitrogens is 3. The van der Waals surface area contributed by atoms with Crippen molar-refractivity contribution in [3.63, 3.8) is 0 Å². The molecule has 0 spiro atoms. The number of amides is 1. The lowest BCUT2D eigenvalue weighted by molar-refractivity contribution is -0.117. The monoisotopic (exact) mass is 275 g/mol. The van der Waals surface area contributed by atoms with Gasteiger partial charge in [-0.15, -0.1) is 0 Å². The third-order valence-corrected chi connectivity index (χ3v) is 4.48. The Bertz CT molecular complexity index is 640. The number of fused-ring (bicyclic) bond motifs is 1. The fourth-order valence-electron chi connectivity index (χ4n) is 2.24. The number of carbonyl (C=O) groups excluding carboxylic acids is 1. The Morgan fingerprint density at radius 2 is 2.32 bits per heavy atom. The molecular weight excluding hydrogens is 262 g/mol. The minimum Gasteiger partial charge on any atom is -0.369 e. The molecular formula is C12H13N5OS. The highest BCUT2D eigenvalue weighted by molar-refractivity contribution is 8.01. The van der Waals surface area contributed by atoms with Crippen LogP contribution in [0.1, 0.15) is 17.2 Å². The van der Waals surface area contributed by atoms with E-state index in [-0.39, 0.29) is 6.04 Å². The fourth-order valence-corrected chi connectivity index (χ4v) is 3.45. The van der Waals surface area contributed by atoms with Gasteiger partial charge < -0.3 is 11.5 Å². The van der Waals surface area contributed by atoms with Gasteiger partial charge in [-0.25, -0.2) is 9.97 Å². The molecule has 0 aliphatic carbocycles. The standard InChI is InChI=1S/C12H13N5OS/c1-6-4-7(17-3-2-15-5-17)16-12-8(6)9(13)10(19-12)11(14)18/h2-5,9-10H,13H2,1H3,(H2,14,18). The van der Waals surface area contributed by atoms with Gasteiger partial charge in [-0.1, -0.05) is 11.8 Å². The second kappa shape index (κ2) is 4.36. The van der Waals surface area contributed by atoms with Gasteiger partial charge in [0.05, 0.1) is 6.04 Å². The number of hydrogen-bond acceptors (Lipinski definition) is 5. The largest absolute Gasteiger partial charge is 0.369 e. The van der Waals surface area contributed by atoms with Crippen molar-refractivity contribution in [2.45, 2.75) is 23.2 Å². The van der Waals surface area contributed by atoms with Crippen LogP contribution in [0.4, 0.5) is 0 Å². The minimum absolute atomic E-state index is 0.387. The molecule has 6 nitrogen and oxygen atoms in total. The first-order chi connectivity index (χ1) is 9.08. The molecule has 2 unspecified atom stereocenters. The van der Waals surface area contributed by atoms with E-state index in [1.54, 1.807) is 12.5 Å². The summed E-state index contributed by atoms with van der Waals surface area (Å²) < 4.78 is 1.82. The average molecular weight is 275 g/mol. The third-order valence-electron chi connectivity index (χ3n) is 3.16. The van der Waals surface area contributed by atoms with Gasteiger partial charge >= 0.3 is 0 Å². The topological polar surface area (TPSA) is 99.8 Å². The first-order valence-corrected chi connectivity index (χ1v) is 6.67. The van der Waals surface area contributed by atoms with Gasteiger partial charge in [0.2, 0.25) is 5.91 Å². The van der Waals surface area contributed by atoms with Gasteiger partial charge in [-0.3, -0.25) is 9.36 Å². The number of primary amides is 1. The Labute approximate surface area is 114 Å². The van der Waals surface area contributed by atoms with Crippen molar-refractivity contribution >= 4 is 17.7 Å². The number of rotatable bonds is 2. The number of aryl methyl sites for hydroxylation is 1. The maximum absolute atomic E-state index is 11.4. The predicted octanol–water partition coefficient (Wildman–Crippen LogP) is 0.535. The maximum atomic E-state index is 11.4. The second-order valence-electron chi connectivity index (χ2n) is 4.45. The smallest absolute Gasteiger partial charge is 0.232 e. The van der Waals surface area contributed by atoms with Crippen LogP contribution in [-0.2, 0) is 4.79 Å². The van der Waals surface area contributed by atoms with E-state index < -0.39 is 11.2 Å². The molecule has 2 atom stereocenters. The second-order valence-corrected chi connectivity index (χ2v) is 5.58. The number of thioether (sulfide) groups is 1. The SMILES string of the molecule is Cc1cc(-n2ccnc2)nc2c1C(N)C(C(N)=O)S2. The molecule has 3 heterocycles. The van der Waals surface area contributed by atoms with E-state index in [1.165, 1.54) is 11.8 Å². The zero-order valence-corrected chi connectivity index (χ0v) is 11.1. The summed E-state index contributed by atoms with van der Waals surface area (Å²) in [4.78, 5) is 19.9. The third kappa shape index (κ3) is 1.91. The van der Waals surface area contributed by atoms with E-state index >= 15 is 0 Å². The molecule has 1 amide bonds. The summed E-state index contributed by atoms with van der Waals surface area (Å²) >= 11 is 1.33. The van der Waals surface area contributed by atoms with E-state index in [0.29, 0.717) is 0 Å². The minimum atomic E-state index is -0.445. The molecule has 0 radical (unpaired) electrons. The molecule has 0 fully saturated rings. The molecule has 2 aromatic heterocycles. The molecule has 1 aliphatic heterocycles. The van der Waals surface area contributed by atoms with Crippen molar-refractivity contribution in [2.75, 3.05) is 0 Å². The fraction of sp³-hybridized carbons (Fsp3) is 0.250. The van der Waals surface area contributed by atoms with E-state index in [9.17, 15) is 4.79 Å². The van der Waals surface area contributed by atoms with Crippen LogP contribution in [0, 0.1) is 6.92 Å². The van der Waals surface area contributed by atoms with Crippen molar-refractivity contribution in [1.82, 2.24) is 14.5 Å². The van der Waals surface area contributed by atoms with Crippen LogP contribution >= 0.6 is 11.8 Å². The van der Waals surface area contributed by atoms with Gasteiger partial charge in [0.15, 0.2) is 0 Å². The molecule has 0 saturated carbocycles.